The molecule has 0 fully saturated rings. The first-order valence-electron chi connectivity index (χ1n) is 10.3. The Morgan fingerprint density at radius 3 is 2.64 bits per heavy atom. The molecule has 162 valence electrons. The average Bonchev–Trinajstić information content (AvgIpc) is 3.29. The number of carbonyl (C=O) groups is 1. The van der Waals surface area contributed by atoms with E-state index in [2.05, 4.69) is 10.6 Å². The number of nitrogens with one attached hydrogen (secondary N) is 2. The Morgan fingerprint density at radius 2 is 1.76 bits per heavy atom. The molecule has 0 saturated heterocycles. The maximum Gasteiger partial charge on any atom is 0.264 e. The number of anilines is 1. The van der Waals surface area contributed by atoms with Gasteiger partial charge >= 0.3 is 0 Å². The van der Waals surface area contributed by atoms with Crippen molar-refractivity contribution in [3.8, 4) is 17.2 Å². The van der Waals surface area contributed by atoms with Gasteiger partial charge in [-0.25, -0.2) is 4.98 Å². The van der Waals surface area contributed by atoms with Crippen molar-refractivity contribution < 1.29 is 13.9 Å². The number of ether oxygens (including phenoxy) is 1. The Bertz CT molecular complexity index is 1460. The molecule has 4 aromatic carbocycles. The Balaban J connectivity index is 1.28. The van der Waals surface area contributed by atoms with Gasteiger partial charge in [-0.3, -0.25) is 10.1 Å². The van der Waals surface area contributed by atoms with E-state index in [0.717, 1.165) is 27.4 Å². The molecule has 0 unspecified atom stereocenters. The van der Waals surface area contributed by atoms with Gasteiger partial charge in [0.25, 0.3) is 5.91 Å². The molecule has 33 heavy (non-hydrogen) atoms. The number of amides is 1. The highest BCUT2D eigenvalue weighted by Gasteiger charge is 2.12. The van der Waals surface area contributed by atoms with Crippen molar-refractivity contribution in [1.82, 2.24) is 10.3 Å². The number of benzene rings is 4. The van der Waals surface area contributed by atoms with E-state index in [-0.39, 0.29) is 17.6 Å². The lowest BCUT2D eigenvalue weighted by Gasteiger charge is -2.11. The van der Waals surface area contributed by atoms with Crippen LogP contribution in [0.4, 0.5) is 5.69 Å². The van der Waals surface area contributed by atoms with Crippen LogP contribution in [0.3, 0.4) is 0 Å². The minimum Gasteiger partial charge on any atom is -0.484 e. The molecule has 0 spiro atoms. The maximum atomic E-state index is 12.1. The highest BCUT2D eigenvalue weighted by Crippen LogP contribution is 2.30. The van der Waals surface area contributed by atoms with Gasteiger partial charge in [0.15, 0.2) is 17.3 Å². The van der Waals surface area contributed by atoms with Crippen LogP contribution in [0.15, 0.2) is 95.4 Å². The third-order valence-electron chi connectivity index (χ3n) is 5.02. The zero-order valence-electron chi connectivity index (χ0n) is 17.4. The van der Waals surface area contributed by atoms with Crippen molar-refractivity contribution in [3.63, 3.8) is 0 Å². The number of hydrogen-bond acceptors (Lipinski definition) is 5. The number of rotatable bonds is 5. The molecule has 0 aliphatic carbocycles. The number of nitrogens with zero attached hydrogens (tertiary/aromatic N) is 1. The minimum atomic E-state index is -0.349. The molecule has 1 aromatic heterocycles. The number of carbonyl (C=O) groups excluding carboxylic acids is 1. The number of para-hydroxylation sites is 1. The third kappa shape index (κ3) is 4.68. The molecule has 0 saturated carbocycles. The number of fused-ring (bicyclic) bond motifs is 3. The summed E-state index contributed by atoms with van der Waals surface area (Å²) >= 11 is 5.27. The molecule has 7 heteroatoms. The van der Waals surface area contributed by atoms with E-state index in [1.54, 1.807) is 12.1 Å². The first-order valence-corrected chi connectivity index (χ1v) is 10.7. The number of thiocarbonyl (C=S) groups is 1. The second kappa shape index (κ2) is 9.10. The van der Waals surface area contributed by atoms with Gasteiger partial charge in [0.05, 0.1) is 0 Å². The van der Waals surface area contributed by atoms with Gasteiger partial charge in [0, 0.05) is 16.6 Å². The Hall–Kier alpha value is -4.23. The fourth-order valence-corrected chi connectivity index (χ4v) is 3.74. The van der Waals surface area contributed by atoms with Gasteiger partial charge in [-0.2, -0.15) is 0 Å². The quantitative estimate of drug-likeness (QED) is 0.340. The summed E-state index contributed by atoms with van der Waals surface area (Å²) in [5, 5.41) is 7.97. The van der Waals surface area contributed by atoms with Gasteiger partial charge in [-0.15, -0.1) is 0 Å². The van der Waals surface area contributed by atoms with Crippen LogP contribution < -0.4 is 15.4 Å². The third-order valence-corrected chi connectivity index (χ3v) is 5.22. The van der Waals surface area contributed by atoms with E-state index in [1.807, 2.05) is 78.9 Å². The summed E-state index contributed by atoms with van der Waals surface area (Å²) in [5.74, 6) is 0.778. The maximum absolute atomic E-state index is 12.1. The molecule has 0 atom stereocenters. The van der Waals surface area contributed by atoms with Gasteiger partial charge in [-0.05, 0) is 54.0 Å². The van der Waals surface area contributed by atoms with Gasteiger partial charge in [-0.1, -0.05) is 54.6 Å². The number of aromatic nitrogens is 1. The monoisotopic (exact) mass is 453 g/mol. The zero-order chi connectivity index (χ0) is 22.6. The van der Waals surface area contributed by atoms with E-state index < -0.39 is 0 Å². The van der Waals surface area contributed by atoms with E-state index >= 15 is 0 Å². The standard InChI is InChI=1S/C26H19N3O3S/c30-23(16-31-20-10-2-1-3-11-20)28-26(33)27-19-9-6-8-18(15-19)25-29-24-21-12-5-4-7-17(21)13-14-22(24)32-25/h1-15H,16H2,(H2,27,28,30,33). The number of oxazole rings is 1. The van der Waals surface area contributed by atoms with Crippen LogP contribution in [-0.2, 0) is 4.79 Å². The topological polar surface area (TPSA) is 76.4 Å². The van der Waals surface area contributed by atoms with Crippen LogP contribution in [0.5, 0.6) is 5.75 Å². The van der Waals surface area contributed by atoms with Crippen molar-refractivity contribution in [3.05, 3.63) is 91.0 Å². The molecule has 1 heterocycles. The summed E-state index contributed by atoms with van der Waals surface area (Å²) in [6.45, 7) is -0.136. The molecule has 0 aliphatic heterocycles. The minimum absolute atomic E-state index is 0.136. The van der Waals surface area contributed by atoms with E-state index in [0.29, 0.717) is 17.3 Å². The summed E-state index contributed by atoms with van der Waals surface area (Å²) in [4.78, 5) is 16.8. The zero-order valence-corrected chi connectivity index (χ0v) is 18.3. The summed E-state index contributed by atoms with van der Waals surface area (Å²) < 4.78 is 11.4. The lowest BCUT2D eigenvalue weighted by molar-refractivity contribution is -0.121. The van der Waals surface area contributed by atoms with Crippen molar-refractivity contribution in [2.45, 2.75) is 0 Å². The van der Waals surface area contributed by atoms with Gasteiger partial charge in [0.2, 0.25) is 5.89 Å². The fourth-order valence-electron chi connectivity index (χ4n) is 3.51. The van der Waals surface area contributed by atoms with Crippen molar-refractivity contribution in [2.24, 2.45) is 0 Å². The van der Waals surface area contributed by atoms with Crippen molar-refractivity contribution >= 4 is 50.8 Å². The van der Waals surface area contributed by atoms with E-state index in [9.17, 15) is 4.79 Å². The summed E-state index contributed by atoms with van der Waals surface area (Å²) in [6, 6.07) is 28.6. The predicted octanol–water partition coefficient (Wildman–Crippen LogP) is 5.54. The Labute approximate surface area is 195 Å². The molecule has 0 radical (unpaired) electrons. The average molecular weight is 454 g/mol. The van der Waals surface area contributed by atoms with E-state index in [4.69, 9.17) is 26.4 Å². The summed E-state index contributed by atoms with van der Waals surface area (Å²) in [5.41, 5.74) is 3.04. The largest absolute Gasteiger partial charge is 0.484 e. The molecule has 5 aromatic rings. The second-order valence-corrected chi connectivity index (χ2v) is 7.75. The fraction of sp³-hybridized carbons (Fsp3) is 0.0385. The molecule has 2 N–H and O–H groups in total. The first kappa shape index (κ1) is 20.7. The molecule has 5 rings (SSSR count). The highest BCUT2D eigenvalue weighted by molar-refractivity contribution is 7.80. The van der Waals surface area contributed by atoms with Gasteiger partial charge in [0.1, 0.15) is 11.3 Å². The van der Waals surface area contributed by atoms with E-state index in [1.165, 1.54) is 0 Å². The van der Waals surface area contributed by atoms with Crippen LogP contribution in [0.25, 0.3) is 33.3 Å². The van der Waals surface area contributed by atoms with Crippen LogP contribution in [0, 0.1) is 0 Å². The lowest BCUT2D eigenvalue weighted by atomic mass is 10.1. The first-order chi connectivity index (χ1) is 16.2. The smallest absolute Gasteiger partial charge is 0.264 e. The molecular formula is C26H19N3O3S. The van der Waals surface area contributed by atoms with Crippen LogP contribution in [0.1, 0.15) is 0 Å². The SMILES string of the molecule is O=C(COc1ccccc1)NC(=S)Nc1cccc(-c2nc3c(ccc4ccccc43)o2)c1. The Morgan fingerprint density at radius 1 is 0.939 bits per heavy atom. The van der Waals surface area contributed by atoms with Crippen molar-refractivity contribution in [1.29, 1.82) is 0 Å². The second-order valence-electron chi connectivity index (χ2n) is 7.34. The predicted molar refractivity (Wildman–Crippen MR) is 133 cm³/mol. The van der Waals surface area contributed by atoms with Gasteiger partial charge < -0.3 is 14.5 Å². The molecular weight excluding hydrogens is 434 g/mol. The Kier molecular flexibility index (Phi) is 5.70. The molecule has 0 aliphatic rings. The summed E-state index contributed by atoms with van der Waals surface area (Å²) in [6.07, 6.45) is 0. The molecule has 1 amide bonds. The normalized spacial score (nSPS) is 10.8. The highest BCUT2D eigenvalue weighted by atomic mass is 32.1. The van der Waals surface area contributed by atoms with Crippen LogP contribution >= 0.6 is 12.2 Å². The molecule has 0 bridgehead atoms. The lowest BCUT2D eigenvalue weighted by Crippen LogP contribution is -2.37. The van der Waals surface area contributed by atoms with Crippen LogP contribution in [-0.4, -0.2) is 22.6 Å². The number of hydrogen-bond donors (Lipinski definition) is 2. The van der Waals surface area contributed by atoms with Crippen LogP contribution in [0.2, 0.25) is 0 Å². The summed E-state index contributed by atoms with van der Waals surface area (Å²) in [7, 11) is 0. The molecule has 6 nitrogen and oxygen atoms in total. The van der Waals surface area contributed by atoms with Crippen molar-refractivity contribution in [2.75, 3.05) is 11.9 Å².